The Morgan fingerprint density at radius 1 is 1.35 bits per heavy atom. The predicted octanol–water partition coefficient (Wildman–Crippen LogP) is 1.31. The van der Waals surface area contributed by atoms with Crippen molar-refractivity contribution in [3.05, 3.63) is 35.9 Å². The number of benzene rings is 1. The number of nitrogens with zero attached hydrogens (tertiary/aromatic N) is 3. The van der Waals surface area contributed by atoms with Crippen LogP contribution in [0.4, 0.5) is 4.79 Å². The fourth-order valence-corrected chi connectivity index (χ4v) is 3.44. The molecular formula is C17H20N4O2. The van der Waals surface area contributed by atoms with Crippen LogP contribution in [0.3, 0.4) is 0 Å². The van der Waals surface area contributed by atoms with Gasteiger partial charge in [-0.05, 0) is 24.9 Å². The lowest BCUT2D eigenvalue weighted by atomic mass is 9.91. The van der Waals surface area contributed by atoms with Gasteiger partial charge in [-0.15, -0.1) is 0 Å². The van der Waals surface area contributed by atoms with E-state index in [1.807, 2.05) is 30.3 Å². The molecule has 1 aromatic carbocycles. The minimum absolute atomic E-state index is 0.0250. The number of urea groups is 1. The van der Waals surface area contributed by atoms with Crippen molar-refractivity contribution >= 4 is 11.9 Å². The number of hydrogen-bond donors (Lipinski definition) is 1. The molecule has 0 unspecified atom stereocenters. The normalized spacial score (nSPS) is 22.7. The van der Waals surface area contributed by atoms with Crippen LogP contribution < -0.4 is 5.32 Å². The van der Waals surface area contributed by atoms with E-state index in [1.54, 1.807) is 0 Å². The summed E-state index contributed by atoms with van der Waals surface area (Å²) in [7, 11) is 0. The van der Waals surface area contributed by atoms with Gasteiger partial charge < -0.3 is 5.32 Å². The van der Waals surface area contributed by atoms with E-state index in [2.05, 4.69) is 16.3 Å². The van der Waals surface area contributed by atoms with Crippen molar-refractivity contribution in [3.63, 3.8) is 0 Å². The molecule has 6 heteroatoms. The summed E-state index contributed by atoms with van der Waals surface area (Å²) in [6.45, 7) is 1.93. The summed E-state index contributed by atoms with van der Waals surface area (Å²) in [5, 5.41) is 12.3. The Hall–Kier alpha value is -2.39. The van der Waals surface area contributed by atoms with Crippen LogP contribution in [0.2, 0.25) is 0 Å². The van der Waals surface area contributed by atoms with Crippen molar-refractivity contribution in [3.8, 4) is 6.07 Å². The van der Waals surface area contributed by atoms with E-state index in [1.165, 1.54) is 4.90 Å². The zero-order valence-corrected chi connectivity index (χ0v) is 12.9. The van der Waals surface area contributed by atoms with Crippen molar-refractivity contribution < 1.29 is 9.59 Å². The summed E-state index contributed by atoms with van der Waals surface area (Å²) in [6, 6.07) is 11.8. The quantitative estimate of drug-likeness (QED) is 0.909. The van der Waals surface area contributed by atoms with E-state index >= 15 is 0 Å². The van der Waals surface area contributed by atoms with Crippen LogP contribution in [-0.2, 0) is 4.79 Å². The fraction of sp³-hybridized carbons (Fsp3) is 0.471. The first-order valence-electron chi connectivity index (χ1n) is 7.97. The van der Waals surface area contributed by atoms with Crippen molar-refractivity contribution in [1.29, 1.82) is 5.26 Å². The number of amides is 3. The first-order valence-corrected chi connectivity index (χ1v) is 7.97. The molecule has 23 heavy (non-hydrogen) atoms. The maximum atomic E-state index is 12.3. The van der Waals surface area contributed by atoms with Gasteiger partial charge in [0.15, 0.2) is 0 Å². The van der Waals surface area contributed by atoms with E-state index in [0.717, 1.165) is 24.9 Å². The van der Waals surface area contributed by atoms with Gasteiger partial charge >= 0.3 is 6.03 Å². The van der Waals surface area contributed by atoms with Gasteiger partial charge in [-0.1, -0.05) is 30.3 Å². The molecule has 1 aromatic rings. The van der Waals surface area contributed by atoms with E-state index in [-0.39, 0.29) is 30.4 Å². The molecule has 0 bridgehead atoms. The summed E-state index contributed by atoms with van der Waals surface area (Å²) in [4.78, 5) is 27.3. The zero-order valence-electron chi connectivity index (χ0n) is 12.9. The van der Waals surface area contributed by atoms with Gasteiger partial charge in [-0.2, -0.15) is 5.26 Å². The molecule has 0 saturated carbocycles. The number of imide groups is 1. The maximum absolute atomic E-state index is 12.3. The molecule has 2 aliphatic rings. The lowest BCUT2D eigenvalue weighted by Crippen LogP contribution is -2.44. The second kappa shape index (κ2) is 6.80. The number of carbonyl (C=O) groups excluding carboxylic acids is 2. The molecule has 3 amide bonds. The Bertz CT molecular complexity index is 625. The molecular weight excluding hydrogens is 292 g/mol. The Morgan fingerprint density at radius 3 is 2.78 bits per heavy atom. The molecule has 6 nitrogen and oxygen atoms in total. The van der Waals surface area contributed by atoms with Crippen molar-refractivity contribution in [2.45, 2.75) is 24.8 Å². The minimum atomic E-state index is -0.314. The third kappa shape index (κ3) is 3.20. The Labute approximate surface area is 135 Å². The molecule has 120 valence electrons. The third-order valence-electron chi connectivity index (χ3n) is 4.59. The largest absolute Gasteiger partial charge is 0.336 e. The average Bonchev–Trinajstić information content (AvgIpc) is 3.19. The maximum Gasteiger partial charge on any atom is 0.324 e. The Kier molecular flexibility index (Phi) is 4.58. The second-order valence-corrected chi connectivity index (χ2v) is 5.97. The molecule has 2 fully saturated rings. The van der Waals surface area contributed by atoms with Gasteiger partial charge in [0, 0.05) is 19.1 Å². The highest BCUT2D eigenvalue weighted by molar-refractivity contribution is 5.96. The first kappa shape index (κ1) is 15.5. The highest BCUT2D eigenvalue weighted by Gasteiger charge is 2.36. The molecule has 2 saturated heterocycles. The molecule has 0 spiro atoms. The number of rotatable bonds is 4. The highest BCUT2D eigenvalue weighted by Crippen LogP contribution is 2.30. The Morgan fingerprint density at radius 2 is 2.13 bits per heavy atom. The molecule has 2 heterocycles. The van der Waals surface area contributed by atoms with Gasteiger partial charge in [-0.3, -0.25) is 14.6 Å². The number of likely N-dealkylation sites (tertiary alicyclic amines) is 1. The lowest BCUT2D eigenvalue weighted by Gasteiger charge is -2.28. The molecule has 0 aliphatic carbocycles. The molecule has 0 radical (unpaired) electrons. The summed E-state index contributed by atoms with van der Waals surface area (Å²) >= 11 is 0. The van der Waals surface area contributed by atoms with E-state index in [4.69, 9.17) is 0 Å². The van der Waals surface area contributed by atoms with Gasteiger partial charge in [0.2, 0.25) is 5.91 Å². The molecule has 2 atom stereocenters. The topological polar surface area (TPSA) is 76.4 Å². The second-order valence-electron chi connectivity index (χ2n) is 5.97. The first-order chi connectivity index (χ1) is 11.2. The van der Waals surface area contributed by atoms with Crippen LogP contribution in [-0.4, -0.2) is 54.0 Å². The molecule has 3 rings (SSSR count). The van der Waals surface area contributed by atoms with Crippen LogP contribution in [0.1, 0.15) is 24.3 Å². The van der Waals surface area contributed by atoms with Crippen LogP contribution in [0, 0.1) is 11.3 Å². The van der Waals surface area contributed by atoms with Crippen molar-refractivity contribution in [2.75, 3.05) is 26.2 Å². The summed E-state index contributed by atoms with van der Waals surface area (Å²) in [6.07, 6.45) is 1.86. The lowest BCUT2D eigenvalue weighted by molar-refractivity contribution is -0.129. The van der Waals surface area contributed by atoms with E-state index in [9.17, 15) is 14.9 Å². The number of carbonyl (C=O) groups is 2. The predicted molar refractivity (Wildman–Crippen MR) is 84.5 cm³/mol. The van der Waals surface area contributed by atoms with E-state index in [0.29, 0.717) is 13.1 Å². The monoisotopic (exact) mass is 312 g/mol. The molecule has 2 aliphatic heterocycles. The van der Waals surface area contributed by atoms with Crippen molar-refractivity contribution in [2.24, 2.45) is 0 Å². The highest BCUT2D eigenvalue weighted by atomic mass is 16.2. The van der Waals surface area contributed by atoms with Gasteiger partial charge in [0.25, 0.3) is 0 Å². The number of hydrogen-bond acceptors (Lipinski definition) is 4. The molecule has 0 aromatic heterocycles. The third-order valence-corrected chi connectivity index (χ3v) is 4.59. The standard InChI is InChI=1S/C17H20N4O2/c18-11-14(13-5-2-1-3-6-13)15-7-4-9-20(15)12-16(22)21-10-8-19-17(21)23/h1-3,5-6,14-15H,4,7-10,12H2,(H,19,23)/t14-,15-/m0/s1. The van der Waals surface area contributed by atoms with Gasteiger partial charge in [-0.25, -0.2) is 4.79 Å². The number of nitrogens with one attached hydrogen (secondary N) is 1. The zero-order chi connectivity index (χ0) is 16.2. The van der Waals surface area contributed by atoms with Gasteiger partial charge in [0.1, 0.15) is 0 Å². The fourth-order valence-electron chi connectivity index (χ4n) is 3.44. The van der Waals surface area contributed by atoms with Crippen LogP contribution in [0.5, 0.6) is 0 Å². The van der Waals surface area contributed by atoms with Crippen LogP contribution in [0.15, 0.2) is 30.3 Å². The summed E-state index contributed by atoms with van der Waals surface area (Å²) < 4.78 is 0. The van der Waals surface area contributed by atoms with Gasteiger partial charge in [0.05, 0.1) is 18.5 Å². The van der Waals surface area contributed by atoms with Crippen LogP contribution in [0.25, 0.3) is 0 Å². The molecule has 1 N–H and O–H groups in total. The average molecular weight is 312 g/mol. The van der Waals surface area contributed by atoms with Crippen LogP contribution >= 0.6 is 0 Å². The smallest absolute Gasteiger partial charge is 0.324 e. The SMILES string of the molecule is N#C[C@@H](c1ccccc1)[C@@H]1CCCN1CC(=O)N1CCNC1=O. The van der Waals surface area contributed by atoms with Crippen molar-refractivity contribution in [1.82, 2.24) is 15.1 Å². The van der Waals surface area contributed by atoms with E-state index < -0.39 is 0 Å². The Balaban J connectivity index is 1.71. The minimum Gasteiger partial charge on any atom is -0.336 e. The summed E-state index contributed by atoms with van der Waals surface area (Å²) in [5.41, 5.74) is 0.985. The summed E-state index contributed by atoms with van der Waals surface area (Å²) in [5.74, 6) is -0.435. The number of nitriles is 1.